The minimum atomic E-state index is -3.08. The van der Waals surface area contributed by atoms with Gasteiger partial charge in [0, 0.05) is 17.3 Å². The average molecular weight is 299 g/mol. The zero-order valence-electron chi connectivity index (χ0n) is 11.6. The summed E-state index contributed by atoms with van der Waals surface area (Å²) in [4.78, 5) is 0.501. The van der Waals surface area contributed by atoms with Gasteiger partial charge in [0.15, 0.2) is 9.84 Å². The zero-order chi connectivity index (χ0) is 14.1. The third-order valence-corrected chi connectivity index (χ3v) is 6.70. The van der Waals surface area contributed by atoms with Gasteiger partial charge in [0.1, 0.15) is 0 Å². The van der Waals surface area contributed by atoms with E-state index in [1.165, 1.54) is 0 Å². The van der Waals surface area contributed by atoms with Crippen molar-refractivity contribution in [2.75, 3.05) is 18.6 Å². The molecule has 1 aliphatic rings. The predicted octanol–water partition coefficient (Wildman–Crippen LogP) is 2.64. The van der Waals surface area contributed by atoms with Crippen LogP contribution < -0.4 is 5.32 Å². The molecule has 5 heteroatoms. The standard InChI is InChI=1S/C14H21NO2S2/c1-14(2,18-3)10-15-12-8-9-19(16,17)13-7-5-4-6-11(12)13/h4-7,12,15H,8-10H2,1-3H3. The van der Waals surface area contributed by atoms with Crippen molar-refractivity contribution in [1.82, 2.24) is 5.32 Å². The molecule has 0 fully saturated rings. The maximum absolute atomic E-state index is 12.0. The van der Waals surface area contributed by atoms with Crippen LogP contribution >= 0.6 is 11.8 Å². The van der Waals surface area contributed by atoms with Crippen LogP contribution in [-0.4, -0.2) is 31.7 Å². The lowest BCUT2D eigenvalue weighted by Crippen LogP contribution is -2.37. The Kier molecular flexibility index (Phi) is 4.28. The minimum Gasteiger partial charge on any atom is -0.309 e. The largest absolute Gasteiger partial charge is 0.309 e. The molecule has 0 saturated carbocycles. The second kappa shape index (κ2) is 5.46. The van der Waals surface area contributed by atoms with Crippen LogP contribution in [0.15, 0.2) is 29.2 Å². The summed E-state index contributed by atoms with van der Waals surface area (Å²) in [7, 11) is -3.08. The third-order valence-electron chi connectivity index (χ3n) is 3.63. The van der Waals surface area contributed by atoms with Crippen LogP contribution in [0.1, 0.15) is 31.9 Å². The molecule has 1 atom stereocenters. The Bertz CT molecular complexity index is 552. The molecule has 1 aliphatic heterocycles. The summed E-state index contributed by atoms with van der Waals surface area (Å²) in [5, 5.41) is 3.52. The quantitative estimate of drug-likeness (QED) is 0.928. The van der Waals surface area contributed by atoms with Gasteiger partial charge in [-0.2, -0.15) is 11.8 Å². The number of nitrogens with one attached hydrogen (secondary N) is 1. The summed E-state index contributed by atoms with van der Waals surface area (Å²) >= 11 is 1.82. The molecule has 0 bridgehead atoms. The molecule has 0 amide bonds. The monoisotopic (exact) mass is 299 g/mol. The fraction of sp³-hybridized carbons (Fsp3) is 0.571. The van der Waals surface area contributed by atoms with Crippen molar-refractivity contribution >= 4 is 21.6 Å². The van der Waals surface area contributed by atoms with E-state index >= 15 is 0 Å². The van der Waals surface area contributed by atoms with E-state index in [-0.39, 0.29) is 16.5 Å². The van der Waals surface area contributed by atoms with Crippen LogP contribution in [0, 0.1) is 0 Å². The number of thioether (sulfide) groups is 1. The van der Waals surface area contributed by atoms with E-state index in [1.54, 1.807) is 12.1 Å². The Hall–Kier alpha value is -0.520. The Morgan fingerprint density at radius 3 is 2.74 bits per heavy atom. The lowest BCUT2D eigenvalue weighted by molar-refractivity contribution is 0.467. The Labute approximate surface area is 120 Å². The molecular formula is C14H21NO2S2. The van der Waals surface area contributed by atoms with E-state index in [2.05, 4.69) is 25.4 Å². The van der Waals surface area contributed by atoms with Crippen molar-refractivity contribution in [2.45, 2.75) is 36.0 Å². The average Bonchev–Trinajstić information content (AvgIpc) is 2.38. The number of sulfone groups is 1. The van der Waals surface area contributed by atoms with E-state index in [0.29, 0.717) is 11.3 Å². The predicted molar refractivity (Wildman–Crippen MR) is 81.4 cm³/mol. The highest BCUT2D eigenvalue weighted by Gasteiger charge is 2.30. The molecule has 0 radical (unpaired) electrons. The second-order valence-electron chi connectivity index (χ2n) is 5.54. The Balaban J connectivity index is 2.21. The first kappa shape index (κ1) is 14.9. The first-order valence-corrected chi connectivity index (χ1v) is 9.34. The van der Waals surface area contributed by atoms with E-state index < -0.39 is 9.84 Å². The van der Waals surface area contributed by atoms with E-state index in [9.17, 15) is 8.42 Å². The summed E-state index contributed by atoms with van der Waals surface area (Å²) < 4.78 is 24.2. The van der Waals surface area contributed by atoms with Gasteiger partial charge in [-0.25, -0.2) is 8.42 Å². The first-order valence-electron chi connectivity index (χ1n) is 6.46. The second-order valence-corrected chi connectivity index (χ2v) is 9.13. The van der Waals surface area contributed by atoms with Crippen LogP contribution in [0.4, 0.5) is 0 Å². The summed E-state index contributed by atoms with van der Waals surface area (Å²) in [5.41, 5.74) is 0.922. The third kappa shape index (κ3) is 3.33. The highest BCUT2D eigenvalue weighted by atomic mass is 32.2. The van der Waals surface area contributed by atoms with Crippen LogP contribution in [-0.2, 0) is 9.84 Å². The molecule has 0 spiro atoms. The topological polar surface area (TPSA) is 46.2 Å². The Morgan fingerprint density at radius 1 is 1.37 bits per heavy atom. The molecule has 0 saturated heterocycles. The van der Waals surface area contributed by atoms with Crippen LogP contribution in [0.25, 0.3) is 0 Å². The van der Waals surface area contributed by atoms with Crippen molar-refractivity contribution < 1.29 is 8.42 Å². The number of hydrogen-bond donors (Lipinski definition) is 1. The van der Waals surface area contributed by atoms with Gasteiger partial charge >= 0.3 is 0 Å². The molecule has 1 heterocycles. The molecule has 0 aliphatic carbocycles. The zero-order valence-corrected chi connectivity index (χ0v) is 13.3. The van der Waals surface area contributed by atoms with Crippen molar-refractivity contribution in [3.63, 3.8) is 0 Å². The van der Waals surface area contributed by atoms with Gasteiger partial charge in [0.05, 0.1) is 10.6 Å². The smallest absolute Gasteiger partial charge is 0.178 e. The van der Waals surface area contributed by atoms with Crippen LogP contribution in [0.2, 0.25) is 0 Å². The molecule has 1 N–H and O–H groups in total. The Morgan fingerprint density at radius 2 is 2.05 bits per heavy atom. The molecule has 0 aromatic heterocycles. The molecule has 3 nitrogen and oxygen atoms in total. The van der Waals surface area contributed by atoms with Crippen molar-refractivity contribution in [3.8, 4) is 0 Å². The van der Waals surface area contributed by atoms with Crippen molar-refractivity contribution in [1.29, 1.82) is 0 Å². The molecule has 2 rings (SSSR count). The number of benzene rings is 1. The maximum Gasteiger partial charge on any atom is 0.178 e. The van der Waals surface area contributed by atoms with Gasteiger partial charge in [-0.05, 0) is 38.2 Å². The van der Waals surface area contributed by atoms with Gasteiger partial charge in [-0.3, -0.25) is 0 Å². The van der Waals surface area contributed by atoms with E-state index in [4.69, 9.17) is 0 Å². The number of rotatable bonds is 4. The molecule has 1 aromatic rings. The van der Waals surface area contributed by atoms with Gasteiger partial charge in [0.25, 0.3) is 0 Å². The summed E-state index contributed by atoms with van der Waals surface area (Å²) in [6.07, 6.45) is 2.75. The minimum absolute atomic E-state index is 0.145. The lowest BCUT2D eigenvalue weighted by atomic mass is 10.0. The van der Waals surface area contributed by atoms with Crippen LogP contribution in [0.5, 0.6) is 0 Å². The van der Waals surface area contributed by atoms with Gasteiger partial charge in [-0.15, -0.1) is 0 Å². The molecule has 106 valence electrons. The normalized spacial score (nSPS) is 21.9. The highest BCUT2D eigenvalue weighted by molar-refractivity contribution is 7.99. The van der Waals surface area contributed by atoms with E-state index in [1.807, 2.05) is 23.9 Å². The maximum atomic E-state index is 12.0. The van der Waals surface area contributed by atoms with Crippen molar-refractivity contribution in [3.05, 3.63) is 29.8 Å². The fourth-order valence-electron chi connectivity index (χ4n) is 2.24. The van der Waals surface area contributed by atoms with Crippen LogP contribution in [0.3, 0.4) is 0 Å². The number of fused-ring (bicyclic) bond motifs is 1. The summed E-state index contributed by atoms with van der Waals surface area (Å²) in [6.45, 7) is 5.25. The summed E-state index contributed by atoms with van der Waals surface area (Å²) in [5.74, 6) is 0.237. The molecule has 1 aromatic carbocycles. The highest BCUT2D eigenvalue weighted by Crippen LogP contribution is 2.32. The number of hydrogen-bond acceptors (Lipinski definition) is 4. The van der Waals surface area contributed by atoms with E-state index in [0.717, 1.165) is 12.1 Å². The van der Waals surface area contributed by atoms with Gasteiger partial charge in [-0.1, -0.05) is 18.2 Å². The SMILES string of the molecule is CSC(C)(C)CNC1CCS(=O)(=O)c2ccccc21. The first-order chi connectivity index (χ1) is 8.86. The summed E-state index contributed by atoms with van der Waals surface area (Å²) in [6, 6.07) is 7.50. The molecule has 1 unspecified atom stereocenters. The molecular weight excluding hydrogens is 278 g/mol. The van der Waals surface area contributed by atoms with Gasteiger partial charge < -0.3 is 5.32 Å². The van der Waals surface area contributed by atoms with Crippen molar-refractivity contribution in [2.24, 2.45) is 0 Å². The molecule has 19 heavy (non-hydrogen) atoms. The van der Waals surface area contributed by atoms with Gasteiger partial charge in [0.2, 0.25) is 0 Å². The fourth-order valence-corrected chi connectivity index (χ4v) is 4.09. The lowest BCUT2D eigenvalue weighted by Gasteiger charge is -2.30.